The molecule has 0 radical (unpaired) electrons. The number of ether oxygens (including phenoxy) is 2. The summed E-state index contributed by atoms with van der Waals surface area (Å²) in [6.45, 7) is 8.71. The van der Waals surface area contributed by atoms with Gasteiger partial charge in [0.2, 0.25) is 0 Å². The predicted octanol–water partition coefficient (Wildman–Crippen LogP) is 2.54. The highest BCUT2D eigenvalue weighted by atomic mass is 35.5. The van der Waals surface area contributed by atoms with Crippen LogP contribution in [-0.4, -0.2) is 31.0 Å². The fourth-order valence-electron chi connectivity index (χ4n) is 1.49. The zero-order valence-electron chi connectivity index (χ0n) is 12.3. The second-order valence-corrected chi connectivity index (χ2v) is 4.98. The van der Waals surface area contributed by atoms with Gasteiger partial charge < -0.3 is 19.9 Å². The molecule has 0 aliphatic rings. The van der Waals surface area contributed by atoms with E-state index in [-0.39, 0.29) is 24.6 Å². The molecule has 1 aromatic carbocycles. The van der Waals surface area contributed by atoms with Gasteiger partial charge in [-0.3, -0.25) is 0 Å². The molecule has 5 heteroatoms. The standard InChI is InChI=1S/C15H23NO3.ClH/c1-5-8-19-13-7-6-12(9-14(13)18-4)10-16-15(2,3)11-17;/h5-7,9,16-17H,1,8,10-11H2,2-4H3;1H. The molecule has 0 aromatic heterocycles. The van der Waals surface area contributed by atoms with Crippen LogP contribution in [0.5, 0.6) is 11.5 Å². The third-order valence-electron chi connectivity index (χ3n) is 2.75. The molecule has 2 N–H and O–H groups in total. The first-order chi connectivity index (χ1) is 9.02. The van der Waals surface area contributed by atoms with Crippen molar-refractivity contribution in [2.45, 2.75) is 25.9 Å². The lowest BCUT2D eigenvalue weighted by Crippen LogP contribution is -2.42. The highest BCUT2D eigenvalue weighted by Crippen LogP contribution is 2.28. The Kier molecular flexibility index (Phi) is 8.30. The molecule has 0 saturated carbocycles. The zero-order chi connectivity index (χ0) is 14.3. The van der Waals surface area contributed by atoms with Crippen molar-refractivity contribution < 1.29 is 14.6 Å². The Balaban J connectivity index is 0.00000361. The number of nitrogens with one attached hydrogen (secondary N) is 1. The van der Waals surface area contributed by atoms with Crippen LogP contribution >= 0.6 is 12.4 Å². The summed E-state index contributed by atoms with van der Waals surface area (Å²) >= 11 is 0. The highest BCUT2D eigenvalue weighted by Gasteiger charge is 2.15. The van der Waals surface area contributed by atoms with E-state index in [1.807, 2.05) is 32.0 Å². The van der Waals surface area contributed by atoms with E-state index in [0.717, 1.165) is 5.56 Å². The van der Waals surface area contributed by atoms with E-state index in [0.29, 0.717) is 24.7 Å². The van der Waals surface area contributed by atoms with Crippen LogP contribution in [0.1, 0.15) is 19.4 Å². The molecule has 0 bridgehead atoms. The van der Waals surface area contributed by atoms with Gasteiger partial charge in [-0.2, -0.15) is 0 Å². The highest BCUT2D eigenvalue weighted by molar-refractivity contribution is 5.85. The minimum atomic E-state index is -0.300. The summed E-state index contributed by atoms with van der Waals surface area (Å²) in [5, 5.41) is 12.5. The summed E-state index contributed by atoms with van der Waals surface area (Å²) in [7, 11) is 1.62. The first-order valence-electron chi connectivity index (χ1n) is 6.29. The van der Waals surface area contributed by atoms with Gasteiger partial charge in [0.05, 0.1) is 13.7 Å². The van der Waals surface area contributed by atoms with Crippen molar-refractivity contribution in [3.05, 3.63) is 36.4 Å². The molecule has 114 valence electrons. The number of hydrogen-bond acceptors (Lipinski definition) is 4. The van der Waals surface area contributed by atoms with Crippen LogP contribution in [0.3, 0.4) is 0 Å². The second-order valence-electron chi connectivity index (χ2n) is 4.98. The molecule has 4 nitrogen and oxygen atoms in total. The fraction of sp³-hybridized carbons (Fsp3) is 0.467. The Bertz CT molecular complexity index is 422. The Hall–Kier alpha value is -1.23. The van der Waals surface area contributed by atoms with Crippen molar-refractivity contribution in [1.29, 1.82) is 0 Å². The summed E-state index contributed by atoms with van der Waals surface area (Å²) in [5.41, 5.74) is 0.773. The monoisotopic (exact) mass is 301 g/mol. The summed E-state index contributed by atoms with van der Waals surface area (Å²) < 4.78 is 10.8. The van der Waals surface area contributed by atoms with Gasteiger partial charge in [-0.25, -0.2) is 0 Å². The summed E-state index contributed by atoms with van der Waals surface area (Å²) in [5.74, 6) is 1.40. The van der Waals surface area contributed by atoms with Gasteiger partial charge in [-0.15, -0.1) is 12.4 Å². The van der Waals surface area contributed by atoms with E-state index < -0.39 is 0 Å². The molecular weight excluding hydrogens is 278 g/mol. The first kappa shape index (κ1) is 18.8. The Morgan fingerprint density at radius 1 is 1.35 bits per heavy atom. The summed E-state index contributed by atoms with van der Waals surface area (Å²) in [4.78, 5) is 0. The zero-order valence-corrected chi connectivity index (χ0v) is 13.1. The van der Waals surface area contributed by atoms with Crippen LogP contribution in [0.2, 0.25) is 0 Å². The van der Waals surface area contributed by atoms with Crippen LogP contribution < -0.4 is 14.8 Å². The van der Waals surface area contributed by atoms with Gasteiger partial charge >= 0.3 is 0 Å². The number of aliphatic hydroxyl groups excluding tert-OH is 1. The molecule has 0 spiro atoms. The van der Waals surface area contributed by atoms with Crippen LogP contribution in [-0.2, 0) is 6.54 Å². The van der Waals surface area contributed by atoms with E-state index in [4.69, 9.17) is 9.47 Å². The van der Waals surface area contributed by atoms with Crippen molar-refractivity contribution in [3.8, 4) is 11.5 Å². The number of halogens is 1. The average molecular weight is 302 g/mol. The Morgan fingerprint density at radius 2 is 2.05 bits per heavy atom. The van der Waals surface area contributed by atoms with Crippen molar-refractivity contribution in [2.24, 2.45) is 0 Å². The minimum Gasteiger partial charge on any atom is -0.493 e. The molecule has 0 amide bonds. The molecule has 0 atom stereocenters. The van der Waals surface area contributed by atoms with Gasteiger partial charge in [0.25, 0.3) is 0 Å². The van der Waals surface area contributed by atoms with E-state index in [2.05, 4.69) is 11.9 Å². The molecule has 1 rings (SSSR count). The maximum absolute atomic E-state index is 9.20. The minimum absolute atomic E-state index is 0. The van der Waals surface area contributed by atoms with Gasteiger partial charge in [-0.05, 0) is 31.5 Å². The molecule has 1 aromatic rings. The average Bonchev–Trinajstić information content (AvgIpc) is 2.43. The summed E-state index contributed by atoms with van der Waals surface area (Å²) in [6.07, 6.45) is 1.69. The lowest BCUT2D eigenvalue weighted by atomic mass is 10.1. The largest absolute Gasteiger partial charge is 0.493 e. The maximum atomic E-state index is 9.20. The molecule has 20 heavy (non-hydrogen) atoms. The molecule has 0 aliphatic heterocycles. The quantitative estimate of drug-likeness (QED) is 0.725. The number of aliphatic hydroxyl groups is 1. The van der Waals surface area contributed by atoms with Crippen molar-refractivity contribution in [3.63, 3.8) is 0 Å². The number of rotatable bonds is 8. The normalized spacial score (nSPS) is 10.6. The number of benzene rings is 1. The van der Waals surface area contributed by atoms with Gasteiger partial charge in [-0.1, -0.05) is 18.7 Å². The molecule has 0 heterocycles. The van der Waals surface area contributed by atoms with Gasteiger partial charge in [0, 0.05) is 12.1 Å². The van der Waals surface area contributed by atoms with E-state index in [1.165, 1.54) is 0 Å². The second kappa shape index (κ2) is 8.84. The Labute approximate surface area is 127 Å². The smallest absolute Gasteiger partial charge is 0.161 e. The third kappa shape index (κ3) is 5.82. The number of methoxy groups -OCH3 is 1. The first-order valence-corrected chi connectivity index (χ1v) is 6.29. The van der Waals surface area contributed by atoms with Gasteiger partial charge in [0.1, 0.15) is 6.61 Å². The van der Waals surface area contributed by atoms with E-state index in [1.54, 1.807) is 13.2 Å². The van der Waals surface area contributed by atoms with Crippen molar-refractivity contribution in [2.75, 3.05) is 20.3 Å². The SMILES string of the molecule is C=CCOc1ccc(CNC(C)(C)CO)cc1OC.Cl. The molecule has 0 saturated heterocycles. The van der Waals surface area contributed by atoms with Gasteiger partial charge in [0.15, 0.2) is 11.5 Å². The van der Waals surface area contributed by atoms with Crippen LogP contribution in [0.15, 0.2) is 30.9 Å². The van der Waals surface area contributed by atoms with Crippen molar-refractivity contribution in [1.82, 2.24) is 5.32 Å². The maximum Gasteiger partial charge on any atom is 0.161 e. The molecule has 0 unspecified atom stereocenters. The molecule has 0 aliphatic carbocycles. The topological polar surface area (TPSA) is 50.7 Å². The van der Waals surface area contributed by atoms with E-state index in [9.17, 15) is 5.11 Å². The van der Waals surface area contributed by atoms with Crippen LogP contribution in [0.25, 0.3) is 0 Å². The molecule has 0 fully saturated rings. The lowest BCUT2D eigenvalue weighted by Gasteiger charge is -2.23. The Morgan fingerprint density at radius 3 is 2.60 bits per heavy atom. The predicted molar refractivity (Wildman–Crippen MR) is 83.9 cm³/mol. The number of hydrogen-bond donors (Lipinski definition) is 2. The summed E-state index contributed by atoms with van der Waals surface area (Å²) in [6, 6.07) is 5.78. The lowest BCUT2D eigenvalue weighted by molar-refractivity contribution is 0.187. The fourth-order valence-corrected chi connectivity index (χ4v) is 1.49. The van der Waals surface area contributed by atoms with E-state index >= 15 is 0 Å². The van der Waals surface area contributed by atoms with Crippen LogP contribution in [0.4, 0.5) is 0 Å². The van der Waals surface area contributed by atoms with Crippen molar-refractivity contribution >= 4 is 12.4 Å². The van der Waals surface area contributed by atoms with Crippen LogP contribution in [0, 0.1) is 0 Å². The molecular formula is C15H24ClNO3. The third-order valence-corrected chi connectivity index (χ3v) is 2.75.